The molecule has 9 rings (SSSR count). The summed E-state index contributed by atoms with van der Waals surface area (Å²) in [5.74, 6) is 0. The Kier molecular flexibility index (Phi) is 13.3. The van der Waals surface area contributed by atoms with Crippen LogP contribution in [-0.4, -0.2) is 15.0 Å². The zero-order chi connectivity index (χ0) is 42.1. The monoisotopic (exact) mass is 985 g/mol. The van der Waals surface area contributed by atoms with Gasteiger partial charge in [-0.05, 0) is 99.7 Å². The van der Waals surface area contributed by atoms with Gasteiger partial charge in [-0.3, -0.25) is 0 Å². The van der Waals surface area contributed by atoms with E-state index in [0.717, 1.165) is 87.3 Å². The van der Waals surface area contributed by atoms with Crippen LogP contribution in [0.15, 0.2) is 182 Å². The van der Waals surface area contributed by atoms with Crippen molar-refractivity contribution in [3.8, 4) is 79.3 Å². The number of rotatable bonds is 12. The number of hydrogen-bond acceptors (Lipinski definition) is 5. The van der Waals surface area contributed by atoms with Gasteiger partial charge in [-0.15, -0.1) is 101 Å². The molecule has 3 aromatic heterocycles. The molecule has 0 saturated heterocycles. The molecule has 0 bridgehead atoms. The minimum atomic E-state index is 0. The molecule has 0 amide bonds. The summed E-state index contributed by atoms with van der Waals surface area (Å²) in [5.41, 5.74) is 17.6. The molecule has 3 heterocycles. The Hall–Kier alpha value is -7.60. The molecule has 6 aromatic carbocycles. The maximum Gasteiger partial charge on any atom is 3.00 e. The fraction of sp³-hybridized carbons (Fsp3) is 0.0702. The van der Waals surface area contributed by atoms with Gasteiger partial charge in [-0.2, -0.15) is 10.5 Å². The van der Waals surface area contributed by atoms with Crippen molar-refractivity contribution >= 4 is 0 Å². The van der Waals surface area contributed by atoms with Crippen LogP contribution in [0.3, 0.4) is 0 Å². The van der Waals surface area contributed by atoms with Gasteiger partial charge < -0.3 is 15.0 Å². The van der Waals surface area contributed by atoms with Crippen LogP contribution in [0.5, 0.6) is 0 Å². The molecule has 63 heavy (non-hydrogen) atoms. The van der Waals surface area contributed by atoms with Crippen molar-refractivity contribution in [2.45, 2.75) is 25.7 Å². The molecule has 0 aliphatic heterocycles. The maximum absolute atomic E-state index is 9.53. The van der Waals surface area contributed by atoms with Gasteiger partial charge in [0.05, 0.1) is 23.3 Å². The Balaban J connectivity index is 0.00000544. The summed E-state index contributed by atoms with van der Waals surface area (Å²) in [6.07, 6.45) is 8.94. The predicted molar refractivity (Wildman–Crippen MR) is 246 cm³/mol. The average molecular weight is 985 g/mol. The Morgan fingerprint density at radius 3 is 1.40 bits per heavy atom. The van der Waals surface area contributed by atoms with Crippen LogP contribution in [0.25, 0.3) is 67.2 Å². The standard InChI is InChI=1S/C57H38N5.Ir/c58-38-44-32-45(39-59)36-51(35-44)50-27-30-62-57(37-50)49-25-23-46(24-26-49)53-7-1-2-8-54(53)52-33-42(13-11-40-15-19-47(20-16-40)55-9-3-5-28-60-55)31-43(34-52)14-12-41-17-21-48(22-18-41)56-10-4-6-29-61-56;/h1-10,15-19,21,23-25,27-37H,11-14H2;/q-3;+3. The number of pyridine rings is 3. The largest absolute Gasteiger partial charge is 3.00 e. The van der Waals surface area contributed by atoms with Gasteiger partial charge in [0, 0.05) is 18.6 Å². The predicted octanol–water partition coefficient (Wildman–Crippen LogP) is 12.6. The third kappa shape index (κ3) is 10.1. The van der Waals surface area contributed by atoms with Gasteiger partial charge in [-0.1, -0.05) is 96.8 Å². The van der Waals surface area contributed by atoms with E-state index in [4.69, 9.17) is 0 Å². The quantitative estimate of drug-likeness (QED) is 0.114. The molecule has 0 saturated carbocycles. The van der Waals surface area contributed by atoms with Crippen LogP contribution in [0.2, 0.25) is 0 Å². The van der Waals surface area contributed by atoms with Gasteiger partial charge in [0.25, 0.3) is 0 Å². The van der Waals surface area contributed by atoms with E-state index in [2.05, 4.69) is 136 Å². The number of nitrogens with zero attached hydrogens (tertiary/aromatic N) is 5. The zero-order valence-electron chi connectivity index (χ0n) is 34.2. The van der Waals surface area contributed by atoms with Crippen molar-refractivity contribution in [3.63, 3.8) is 0 Å². The van der Waals surface area contributed by atoms with E-state index < -0.39 is 0 Å². The summed E-state index contributed by atoms with van der Waals surface area (Å²) in [6.45, 7) is 0. The second kappa shape index (κ2) is 19.9. The molecule has 0 radical (unpaired) electrons. The Labute approximate surface area is 382 Å². The summed E-state index contributed by atoms with van der Waals surface area (Å²) >= 11 is 0. The second-order valence-electron chi connectivity index (χ2n) is 15.2. The van der Waals surface area contributed by atoms with E-state index in [-0.39, 0.29) is 20.1 Å². The molecule has 0 N–H and O–H groups in total. The molecule has 300 valence electrons. The Morgan fingerprint density at radius 2 is 0.889 bits per heavy atom. The van der Waals surface area contributed by atoms with Gasteiger partial charge in [-0.25, -0.2) is 0 Å². The molecule has 6 heteroatoms. The van der Waals surface area contributed by atoms with Crippen LogP contribution >= 0.6 is 0 Å². The number of aromatic nitrogens is 3. The SMILES string of the molecule is N#Cc1cc(C#N)cc(-c2ccnc(-c3[c-]cc(-c4ccccc4-c4cc(CCc5c[c-]c(-c6ccccn6)cc5)cc(CCc5c[c-]c(-c6ccccn6)cc5)c4)cc3)c2)c1.[Ir+3]. The van der Waals surface area contributed by atoms with E-state index in [1.165, 1.54) is 27.8 Å². The van der Waals surface area contributed by atoms with Gasteiger partial charge >= 0.3 is 20.1 Å². The first kappa shape index (κ1) is 42.1. The molecule has 0 aliphatic carbocycles. The second-order valence-corrected chi connectivity index (χ2v) is 15.2. The summed E-state index contributed by atoms with van der Waals surface area (Å²) in [7, 11) is 0. The average Bonchev–Trinajstić information content (AvgIpc) is 3.36. The number of hydrogen-bond donors (Lipinski definition) is 0. The summed E-state index contributed by atoms with van der Waals surface area (Å²) < 4.78 is 0. The molecular weight excluding hydrogens is 947 g/mol. The first-order valence-electron chi connectivity index (χ1n) is 20.6. The fourth-order valence-electron chi connectivity index (χ4n) is 7.79. The Bertz CT molecular complexity index is 2920. The van der Waals surface area contributed by atoms with Crippen LogP contribution in [-0.2, 0) is 45.8 Å². The van der Waals surface area contributed by atoms with Crippen molar-refractivity contribution < 1.29 is 20.1 Å². The van der Waals surface area contributed by atoms with E-state index >= 15 is 0 Å². The van der Waals surface area contributed by atoms with Crippen LogP contribution in [0, 0.1) is 40.9 Å². The number of nitriles is 2. The summed E-state index contributed by atoms with van der Waals surface area (Å²) in [4.78, 5) is 13.6. The van der Waals surface area contributed by atoms with E-state index in [1.54, 1.807) is 24.4 Å². The normalized spacial score (nSPS) is 10.6. The summed E-state index contributed by atoms with van der Waals surface area (Å²) in [6, 6.07) is 70.3. The minimum absolute atomic E-state index is 0. The topological polar surface area (TPSA) is 86.2 Å². The first-order valence-corrected chi connectivity index (χ1v) is 20.6. The van der Waals surface area contributed by atoms with E-state index in [9.17, 15) is 10.5 Å². The number of benzene rings is 6. The van der Waals surface area contributed by atoms with Gasteiger partial charge in [0.1, 0.15) is 0 Å². The van der Waals surface area contributed by atoms with Crippen molar-refractivity contribution in [2.24, 2.45) is 0 Å². The van der Waals surface area contributed by atoms with Crippen LogP contribution < -0.4 is 0 Å². The zero-order valence-corrected chi connectivity index (χ0v) is 36.6. The molecule has 0 unspecified atom stereocenters. The molecule has 0 aliphatic rings. The van der Waals surface area contributed by atoms with Crippen LogP contribution in [0.4, 0.5) is 0 Å². The van der Waals surface area contributed by atoms with Gasteiger partial charge in [0.2, 0.25) is 0 Å². The van der Waals surface area contributed by atoms with Crippen molar-refractivity contribution in [3.05, 3.63) is 234 Å². The molecule has 5 nitrogen and oxygen atoms in total. The van der Waals surface area contributed by atoms with Crippen molar-refractivity contribution in [1.29, 1.82) is 10.5 Å². The fourth-order valence-corrected chi connectivity index (χ4v) is 7.79. The van der Waals surface area contributed by atoms with E-state index in [0.29, 0.717) is 11.1 Å². The molecule has 9 aromatic rings. The summed E-state index contributed by atoms with van der Waals surface area (Å²) in [5, 5.41) is 19.1. The number of aryl methyl sites for hydroxylation is 4. The smallest absolute Gasteiger partial charge is 0.305 e. The van der Waals surface area contributed by atoms with Crippen molar-refractivity contribution in [1.82, 2.24) is 15.0 Å². The van der Waals surface area contributed by atoms with Crippen molar-refractivity contribution in [2.75, 3.05) is 0 Å². The third-order valence-electron chi connectivity index (χ3n) is 11.0. The minimum Gasteiger partial charge on any atom is -0.305 e. The third-order valence-corrected chi connectivity index (χ3v) is 11.0. The van der Waals surface area contributed by atoms with E-state index in [1.807, 2.05) is 67.0 Å². The maximum atomic E-state index is 9.53. The molecule has 0 spiro atoms. The molecule has 0 atom stereocenters. The van der Waals surface area contributed by atoms with Gasteiger partial charge in [0.15, 0.2) is 0 Å². The molecule has 0 fully saturated rings. The molecular formula is C57H38IrN5. The van der Waals surface area contributed by atoms with Crippen LogP contribution in [0.1, 0.15) is 33.4 Å². The Morgan fingerprint density at radius 1 is 0.381 bits per heavy atom. The first-order chi connectivity index (χ1) is 30.6.